The van der Waals surface area contributed by atoms with Crippen LogP contribution in [0.2, 0.25) is 0 Å². The molecule has 1 saturated heterocycles. The quantitative estimate of drug-likeness (QED) is 0.620. The lowest BCUT2D eigenvalue weighted by atomic mass is 10.2. The summed E-state index contributed by atoms with van der Waals surface area (Å²) in [6.07, 6.45) is 0. The summed E-state index contributed by atoms with van der Waals surface area (Å²) < 4.78 is 21.3. The van der Waals surface area contributed by atoms with Gasteiger partial charge < -0.3 is 9.64 Å². The minimum Gasteiger partial charge on any atom is -0.378 e. The normalized spacial score (nSPS) is 15.7. The van der Waals surface area contributed by atoms with Crippen molar-refractivity contribution in [2.24, 2.45) is 0 Å². The topological polar surface area (TPSA) is 43.2 Å². The molecule has 1 unspecified atom stereocenters. The fourth-order valence-electron chi connectivity index (χ4n) is 3.10. The van der Waals surface area contributed by atoms with E-state index in [-0.39, 0.29) is 11.1 Å². The molecule has 3 aromatic rings. The van der Waals surface area contributed by atoms with Gasteiger partial charge in [0.25, 0.3) is 0 Å². The number of nitrogens with zero attached hydrogens (tertiary/aromatic N) is 4. The van der Waals surface area contributed by atoms with Crippen LogP contribution < -0.4 is 4.90 Å². The van der Waals surface area contributed by atoms with Crippen molar-refractivity contribution in [1.29, 1.82) is 0 Å². The number of anilines is 1. The Morgan fingerprint density at radius 1 is 1.04 bits per heavy atom. The zero-order chi connectivity index (χ0) is 18.6. The molecule has 0 spiro atoms. The molecule has 1 aliphatic rings. The van der Waals surface area contributed by atoms with Crippen LogP contribution in [0.5, 0.6) is 0 Å². The molecule has 4 rings (SSSR count). The van der Waals surface area contributed by atoms with E-state index in [0.717, 1.165) is 29.9 Å². The van der Waals surface area contributed by atoms with E-state index in [9.17, 15) is 4.39 Å². The predicted octanol–water partition coefficient (Wildman–Crippen LogP) is 4.10. The molecule has 1 fully saturated rings. The zero-order valence-electron chi connectivity index (χ0n) is 15.1. The van der Waals surface area contributed by atoms with Gasteiger partial charge in [-0.3, -0.25) is 4.57 Å². The van der Waals surface area contributed by atoms with E-state index in [0.29, 0.717) is 13.2 Å². The maximum Gasteiger partial charge on any atom is 0.232 e. The van der Waals surface area contributed by atoms with Crippen LogP contribution in [0.4, 0.5) is 10.3 Å². The summed E-state index contributed by atoms with van der Waals surface area (Å²) in [4.78, 5) is 2.14. The molecule has 27 heavy (non-hydrogen) atoms. The Kier molecular flexibility index (Phi) is 5.40. The van der Waals surface area contributed by atoms with Crippen LogP contribution in [0.25, 0.3) is 5.69 Å². The number of rotatable bonds is 5. The molecule has 0 N–H and O–H groups in total. The van der Waals surface area contributed by atoms with Crippen molar-refractivity contribution in [3.8, 4) is 5.69 Å². The van der Waals surface area contributed by atoms with Gasteiger partial charge in [-0.25, -0.2) is 4.39 Å². The highest BCUT2D eigenvalue weighted by Gasteiger charge is 2.23. The molecule has 7 heteroatoms. The Morgan fingerprint density at radius 2 is 1.81 bits per heavy atom. The highest BCUT2D eigenvalue weighted by atomic mass is 32.2. The van der Waals surface area contributed by atoms with E-state index in [1.807, 2.05) is 28.8 Å². The van der Waals surface area contributed by atoms with Crippen LogP contribution in [0.1, 0.15) is 17.7 Å². The number of ether oxygens (including phenoxy) is 1. The smallest absolute Gasteiger partial charge is 0.232 e. The molecule has 0 aliphatic carbocycles. The first-order valence-electron chi connectivity index (χ1n) is 8.98. The molecule has 1 aromatic heterocycles. The summed E-state index contributed by atoms with van der Waals surface area (Å²) in [5.41, 5.74) is 1.94. The summed E-state index contributed by atoms with van der Waals surface area (Å²) >= 11 is 1.62. The standard InChI is InChI=1S/C20H21FN4OS/c1-15(16-6-3-2-4-7-16)27-20-23-22-19(24-10-12-26-13-11-24)25(20)18-9-5-8-17(21)14-18/h2-9,14-15H,10-13H2,1H3. The molecular weight excluding hydrogens is 363 g/mol. The number of thioether (sulfide) groups is 1. The molecule has 2 heterocycles. The van der Waals surface area contributed by atoms with Crippen molar-refractivity contribution < 1.29 is 9.13 Å². The molecule has 0 bridgehead atoms. The Labute approximate surface area is 162 Å². The summed E-state index contributed by atoms with van der Waals surface area (Å²) in [5.74, 6) is 0.452. The van der Waals surface area contributed by atoms with E-state index in [1.165, 1.54) is 17.7 Å². The number of halogens is 1. The van der Waals surface area contributed by atoms with Crippen molar-refractivity contribution in [2.75, 3.05) is 31.2 Å². The third kappa shape index (κ3) is 3.99. The van der Waals surface area contributed by atoms with Gasteiger partial charge in [0, 0.05) is 18.3 Å². The van der Waals surface area contributed by atoms with Crippen LogP contribution in [0, 0.1) is 5.82 Å². The zero-order valence-corrected chi connectivity index (χ0v) is 15.9. The van der Waals surface area contributed by atoms with Crippen molar-refractivity contribution in [3.05, 3.63) is 66.0 Å². The number of hydrogen-bond donors (Lipinski definition) is 0. The van der Waals surface area contributed by atoms with E-state index >= 15 is 0 Å². The van der Waals surface area contributed by atoms with E-state index in [2.05, 4.69) is 34.2 Å². The highest BCUT2D eigenvalue weighted by Crippen LogP contribution is 2.36. The van der Waals surface area contributed by atoms with Crippen LogP contribution >= 0.6 is 11.8 Å². The second kappa shape index (κ2) is 8.10. The summed E-state index contributed by atoms with van der Waals surface area (Å²) in [7, 11) is 0. The molecule has 1 atom stereocenters. The van der Waals surface area contributed by atoms with Crippen LogP contribution in [0.3, 0.4) is 0 Å². The molecule has 0 radical (unpaired) electrons. The van der Waals surface area contributed by atoms with E-state index in [4.69, 9.17) is 4.74 Å². The molecule has 1 aliphatic heterocycles. The Bertz CT molecular complexity index is 896. The number of hydrogen-bond acceptors (Lipinski definition) is 5. The first kappa shape index (κ1) is 18.0. The van der Waals surface area contributed by atoms with Gasteiger partial charge in [-0.2, -0.15) is 0 Å². The van der Waals surface area contributed by atoms with Gasteiger partial charge in [-0.05, 0) is 30.7 Å². The van der Waals surface area contributed by atoms with Crippen molar-refractivity contribution in [1.82, 2.24) is 14.8 Å². The SMILES string of the molecule is CC(Sc1nnc(N2CCOCC2)n1-c1cccc(F)c1)c1ccccc1. The van der Waals surface area contributed by atoms with Crippen molar-refractivity contribution >= 4 is 17.7 Å². The van der Waals surface area contributed by atoms with E-state index < -0.39 is 0 Å². The summed E-state index contributed by atoms with van der Waals surface area (Å²) in [5, 5.41) is 9.81. The maximum atomic E-state index is 13.9. The number of benzene rings is 2. The van der Waals surface area contributed by atoms with Crippen molar-refractivity contribution in [3.63, 3.8) is 0 Å². The maximum absolute atomic E-state index is 13.9. The lowest BCUT2D eigenvalue weighted by Crippen LogP contribution is -2.37. The average molecular weight is 384 g/mol. The first-order chi connectivity index (χ1) is 13.2. The minimum absolute atomic E-state index is 0.195. The number of aromatic nitrogens is 3. The molecular formula is C20H21FN4OS. The fraction of sp³-hybridized carbons (Fsp3) is 0.300. The molecule has 2 aromatic carbocycles. The van der Waals surface area contributed by atoms with Gasteiger partial charge >= 0.3 is 0 Å². The largest absolute Gasteiger partial charge is 0.378 e. The van der Waals surface area contributed by atoms with Gasteiger partial charge in [0.1, 0.15) is 5.82 Å². The van der Waals surface area contributed by atoms with Crippen LogP contribution in [-0.4, -0.2) is 41.1 Å². The number of morpholine rings is 1. The van der Waals surface area contributed by atoms with Crippen LogP contribution in [0.15, 0.2) is 59.8 Å². The highest BCUT2D eigenvalue weighted by molar-refractivity contribution is 7.99. The molecule has 0 amide bonds. The molecule has 140 valence electrons. The summed E-state index contributed by atoms with van der Waals surface area (Å²) in [6.45, 7) is 4.93. The third-order valence-electron chi connectivity index (χ3n) is 4.53. The average Bonchev–Trinajstić information content (AvgIpc) is 3.13. The van der Waals surface area contributed by atoms with Crippen molar-refractivity contribution in [2.45, 2.75) is 17.3 Å². The Hall–Kier alpha value is -2.38. The second-order valence-corrected chi connectivity index (χ2v) is 7.68. The molecule has 5 nitrogen and oxygen atoms in total. The second-order valence-electron chi connectivity index (χ2n) is 6.37. The third-order valence-corrected chi connectivity index (χ3v) is 5.63. The van der Waals surface area contributed by atoms with E-state index in [1.54, 1.807) is 17.8 Å². The van der Waals surface area contributed by atoms with Gasteiger partial charge in [0.05, 0.1) is 18.9 Å². The predicted molar refractivity (Wildman–Crippen MR) is 105 cm³/mol. The van der Waals surface area contributed by atoms with Gasteiger partial charge in [-0.1, -0.05) is 48.2 Å². The lowest BCUT2D eigenvalue weighted by molar-refractivity contribution is 0.122. The monoisotopic (exact) mass is 384 g/mol. The van der Waals surface area contributed by atoms with Gasteiger partial charge in [-0.15, -0.1) is 10.2 Å². The Morgan fingerprint density at radius 3 is 2.56 bits per heavy atom. The lowest BCUT2D eigenvalue weighted by Gasteiger charge is -2.28. The Balaban J connectivity index is 1.71. The first-order valence-corrected chi connectivity index (χ1v) is 9.86. The summed E-state index contributed by atoms with van der Waals surface area (Å²) in [6, 6.07) is 16.8. The molecule has 0 saturated carbocycles. The van der Waals surface area contributed by atoms with Crippen LogP contribution in [-0.2, 0) is 4.74 Å². The minimum atomic E-state index is -0.277. The van der Waals surface area contributed by atoms with Gasteiger partial charge in [0.2, 0.25) is 5.95 Å². The fourth-order valence-corrected chi connectivity index (χ4v) is 4.09. The van der Waals surface area contributed by atoms with Gasteiger partial charge in [0.15, 0.2) is 5.16 Å².